The summed E-state index contributed by atoms with van der Waals surface area (Å²) in [5, 5.41) is 6.47. The number of halogens is 3. The van der Waals surface area contributed by atoms with Crippen LogP contribution in [0.1, 0.15) is 39.0 Å². The molecular formula is C17H32F3N5O2S. The fourth-order valence-electron chi connectivity index (χ4n) is 3.69. The van der Waals surface area contributed by atoms with Gasteiger partial charge in [-0.25, -0.2) is 8.42 Å². The van der Waals surface area contributed by atoms with E-state index in [1.54, 1.807) is 7.05 Å². The molecule has 164 valence electrons. The molecule has 2 heterocycles. The second-order valence-electron chi connectivity index (χ2n) is 7.69. The number of piperidine rings is 2. The molecule has 2 fully saturated rings. The van der Waals surface area contributed by atoms with Crippen LogP contribution in [0.5, 0.6) is 0 Å². The molecule has 0 aliphatic carbocycles. The van der Waals surface area contributed by atoms with E-state index in [0.717, 1.165) is 26.2 Å². The van der Waals surface area contributed by atoms with Crippen LogP contribution in [-0.2, 0) is 10.0 Å². The number of likely N-dealkylation sites (tertiary alicyclic amines) is 1. The third-order valence-electron chi connectivity index (χ3n) is 5.29. The Labute approximate surface area is 165 Å². The van der Waals surface area contributed by atoms with Crippen LogP contribution in [0.3, 0.4) is 0 Å². The van der Waals surface area contributed by atoms with Crippen molar-refractivity contribution in [2.24, 2.45) is 10.9 Å². The van der Waals surface area contributed by atoms with Crippen LogP contribution in [0.4, 0.5) is 13.2 Å². The lowest BCUT2D eigenvalue weighted by atomic mass is 10.1. The Bertz CT molecular complexity index is 613. The number of rotatable bonds is 6. The minimum absolute atomic E-state index is 0.108. The van der Waals surface area contributed by atoms with Crippen molar-refractivity contribution < 1.29 is 21.6 Å². The molecule has 0 aromatic rings. The Kier molecular flexibility index (Phi) is 8.38. The third-order valence-corrected chi connectivity index (χ3v) is 6.92. The average Bonchev–Trinajstić information content (AvgIpc) is 2.65. The second kappa shape index (κ2) is 10.1. The SMILES string of the molecule is CN=C(NCC(C)CN1CCCCC1)NC1CCN(S(=O)(=O)C(F)(F)F)CC1. The molecule has 1 atom stereocenters. The number of nitrogens with zero attached hydrogens (tertiary/aromatic N) is 3. The van der Waals surface area contributed by atoms with E-state index in [-0.39, 0.29) is 19.1 Å². The molecule has 28 heavy (non-hydrogen) atoms. The maximum Gasteiger partial charge on any atom is 0.511 e. The van der Waals surface area contributed by atoms with E-state index >= 15 is 0 Å². The lowest BCUT2D eigenvalue weighted by Gasteiger charge is -2.33. The first-order chi connectivity index (χ1) is 13.1. The van der Waals surface area contributed by atoms with Crippen LogP contribution in [0, 0.1) is 5.92 Å². The van der Waals surface area contributed by atoms with Crippen molar-refractivity contribution in [3.63, 3.8) is 0 Å². The van der Waals surface area contributed by atoms with Crippen LogP contribution in [0.2, 0.25) is 0 Å². The normalized spacial score (nSPS) is 22.8. The molecule has 0 spiro atoms. The fourth-order valence-corrected chi connectivity index (χ4v) is 4.68. The highest BCUT2D eigenvalue weighted by Crippen LogP contribution is 2.28. The number of nitrogens with one attached hydrogen (secondary N) is 2. The van der Waals surface area contributed by atoms with Gasteiger partial charge in [-0.2, -0.15) is 17.5 Å². The van der Waals surface area contributed by atoms with Crippen molar-refractivity contribution in [3.05, 3.63) is 0 Å². The summed E-state index contributed by atoms with van der Waals surface area (Å²) >= 11 is 0. The summed E-state index contributed by atoms with van der Waals surface area (Å²) in [6.07, 6.45) is 4.43. The van der Waals surface area contributed by atoms with E-state index in [1.165, 1.54) is 19.3 Å². The summed E-state index contributed by atoms with van der Waals surface area (Å²) in [4.78, 5) is 6.65. The fraction of sp³-hybridized carbons (Fsp3) is 0.941. The van der Waals surface area contributed by atoms with Gasteiger partial charge >= 0.3 is 15.5 Å². The minimum atomic E-state index is -5.24. The van der Waals surface area contributed by atoms with Crippen LogP contribution < -0.4 is 10.6 Å². The first-order valence-corrected chi connectivity index (χ1v) is 11.3. The van der Waals surface area contributed by atoms with E-state index in [0.29, 0.717) is 29.0 Å². The van der Waals surface area contributed by atoms with E-state index < -0.39 is 15.5 Å². The molecule has 0 saturated carbocycles. The molecule has 1 unspecified atom stereocenters. The van der Waals surface area contributed by atoms with Gasteiger partial charge in [0.05, 0.1) is 0 Å². The third kappa shape index (κ3) is 6.48. The molecule has 2 N–H and O–H groups in total. The number of aliphatic imine (C=N–C) groups is 1. The van der Waals surface area contributed by atoms with Gasteiger partial charge in [-0.15, -0.1) is 0 Å². The standard InChI is InChI=1S/C17H32F3N5O2S/c1-14(13-24-8-4-3-5-9-24)12-22-16(21-2)23-15-6-10-25(11-7-15)28(26,27)17(18,19)20/h14-15H,3-13H2,1-2H3,(H2,21,22,23). The summed E-state index contributed by atoms with van der Waals surface area (Å²) in [5.41, 5.74) is -5.24. The largest absolute Gasteiger partial charge is 0.511 e. The highest BCUT2D eigenvalue weighted by molar-refractivity contribution is 7.90. The van der Waals surface area contributed by atoms with Gasteiger partial charge < -0.3 is 15.5 Å². The summed E-state index contributed by atoms with van der Waals surface area (Å²) in [7, 11) is -3.59. The lowest BCUT2D eigenvalue weighted by molar-refractivity contribution is -0.0494. The van der Waals surface area contributed by atoms with Crippen LogP contribution in [0.15, 0.2) is 4.99 Å². The van der Waals surface area contributed by atoms with Crippen molar-refractivity contribution >= 4 is 16.0 Å². The van der Waals surface area contributed by atoms with Crippen molar-refractivity contribution in [1.82, 2.24) is 19.8 Å². The molecule has 2 aliphatic heterocycles. The second-order valence-corrected chi connectivity index (χ2v) is 9.62. The topological polar surface area (TPSA) is 77.0 Å². The van der Waals surface area contributed by atoms with Gasteiger partial charge in [0.25, 0.3) is 0 Å². The van der Waals surface area contributed by atoms with Crippen molar-refractivity contribution in [3.8, 4) is 0 Å². The van der Waals surface area contributed by atoms with Gasteiger partial charge in [-0.05, 0) is 44.7 Å². The maximum atomic E-state index is 12.6. The molecule has 0 aromatic carbocycles. The zero-order chi connectivity index (χ0) is 20.8. The Morgan fingerprint density at radius 2 is 1.75 bits per heavy atom. The highest BCUT2D eigenvalue weighted by atomic mass is 32.2. The summed E-state index contributed by atoms with van der Waals surface area (Å²) < 4.78 is 61.4. The predicted octanol–water partition coefficient (Wildman–Crippen LogP) is 1.59. The molecule has 0 aromatic heterocycles. The van der Waals surface area contributed by atoms with Gasteiger partial charge in [-0.1, -0.05) is 13.3 Å². The summed E-state index contributed by atoms with van der Waals surface area (Å²) in [6, 6.07) is -0.108. The molecule has 2 aliphatic rings. The van der Waals surface area contributed by atoms with E-state index in [1.807, 2.05) is 0 Å². The quantitative estimate of drug-likeness (QED) is 0.497. The number of hydrogen-bond donors (Lipinski definition) is 2. The molecule has 2 rings (SSSR count). The van der Waals surface area contributed by atoms with Gasteiger partial charge in [-0.3, -0.25) is 4.99 Å². The minimum Gasteiger partial charge on any atom is -0.356 e. The maximum absolute atomic E-state index is 12.6. The number of alkyl halides is 3. The van der Waals surface area contributed by atoms with Gasteiger partial charge in [0.1, 0.15) is 0 Å². The number of guanidine groups is 1. The number of hydrogen-bond acceptors (Lipinski definition) is 4. The van der Waals surface area contributed by atoms with Crippen LogP contribution in [-0.4, -0.2) is 81.4 Å². The first kappa shape index (κ1) is 23.2. The highest BCUT2D eigenvalue weighted by Gasteiger charge is 2.50. The first-order valence-electron chi connectivity index (χ1n) is 9.89. The lowest BCUT2D eigenvalue weighted by Crippen LogP contribution is -2.52. The molecule has 0 radical (unpaired) electrons. The van der Waals surface area contributed by atoms with Crippen molar-refractivity contribution in [1.29, 1.82) is 0 Å². The van der Waals surface area contributed by atoms with E-state index in [4.69, 9.17) is 0 Å². The van der Waals surface area contributed by atoms with Gasteiger partial charge in [0, 0.05) is 39.3 Å². The number of sulfonamides is 1. The smallest absolute Gasteiger partial charge is 0.356 e. The Morgan fingerprint density at radius 1 is 1.14 bits per heavy atom. The molecule has 2 saturated heterocycles. The average molecular weight is 428 g/mol. The van der Waals surface area contributed by atoms with Gasteiger partial charge in [0.2, 0.25) is 0 Å². The zero-order valence-electron chi connectivity index (χ0n) is 16.6. The Balaban J connectivity index is 1.73. The Morgan fingerprint density at radius 3 is 2.29 bits per heavy atom. The molecule has 0 bridgehead atoms. The zero-order valence-corrected chi connectivity index (χ0v) is 17.4. The molecule has 7 nitrogen and oxygen atoms in total. The van der Waals surface area contributed by atoms with Crippen LogP contribution >= 0.6 is 0 Å². The monoisotopic (exact) mass is 427 g/mol. The summed E-state index contributed by atoms with van der Waals surface area (Å²) in [6.45, 7) is 5.95. The molecule has 0 amide bonds. The Hall–Kier alpha value is -1.07. The van der Waals surface area contributed by atoms with E-state index in [9.17, 15) is 21.6 Å². The van der Waals surface area contributed by atoms with Crippen LogP contribution in [0.25, 0.3) is 0 Å². The van der Waals surface area contributed by atoms with Crippen molar-refractivity contribution in [2.75, 3.05) is 46.3 Å². The predicted molar refractivity (Wildman–Crippen MR) is 104 cm³/mol. The summed E-state index contributed by atoms with van der Waals surface area (Å²) in [5.74, 6) is 1.04. The molecular weight excluding hydrogens is 395 g/mol. The van der Waals surface area contributed by atoms with E-state index in [2.05, 4.69) is 27.4 Å². The van der Waals surface area contributed by atoms with Gasteiger partial charge in [0.15, 0.2) is 5.96 Å². The molecule has 11 heteroatoms. The van der Waals surface area contributed by atoms with Crippen molar-refractivity contribution in [2.45, 2.75) is 50.6 Å².